The molecule has 0 amide bonds. The van der Waals surface area contributed by atoms with Crippen LogP contribution in [0.3, 0.4) is 0 Å². The van der Waals surface area contributed by atoms with Crippen molar-refractivity contribution in [3.63, 3.8) is 0 Å². The molecule has 0 spiro atoms. The van der Waals surface area contributed by atoms with Gasteiger partial charge in [-0.05, 0) is 25.1 Å². The van der Waals surface area contributed by atoms with Gasteiger partial charge in [0.05, 0.1) is 31.4 Å². The minimum Gasteiger partial charge on any atom is -0.493 e. The van der Waals surface area contributed by atoms with Gasteiger partial charge in [-0.25, -0.2) is 14.5 Å². The van der Waals surface area contributed by atoms with Gasteiger partial charge in [0.2, 0.25) is 0 Å². The molecule has 1 unspecified atom stereocenters. The summed E-state index contributed by atoms with van der Waals surface area (Å²) in [6.07, 6.45) is -1.72. The first-order valence-electron chi connectivity index (χ1n) is 6.48. The first-order valence-corrected chi connectivity index (χ1v) is 6.48. The second kappa shape index (κ2) is 9.49. The molecule has 0 N–H and O–H groups in total. The molecule has 0 heterocycles. The smallest absolute Gasteiger partial charge is 0.493 e. The second-order valence-corrected chi connectivity index (χ2v) is 4.23. The average Bonchev–Trinajstić information content (AvgIpc) is 2.54. The molecule has 0 fully saturated rings. The molecule has 0 radical (unpaired) electrons. The van der Waals surface area contributed by atoms with E-state index < -0.39 is 18.2 Å². The topological polar surface area (TPSA) is 98.8 Å². The van der Waals surface area contributed by atoms with E-state index >= 15 is 0 Å². The summed E-state index contributed by atoms with van der Waals surface area (Å²) >= 11 is 0. The number of carbonyl (C=O) groups is 2. The first-order chi connectivity index (χ1) is 11.0. The standard InChI is InChI=1S/C14H18O9/c1-9(8-17-2)20-14(16)22-23-21-13(15)10-5-6-11(18-3)12(7-10)19-4/h5-7,9H,8H2,1-4H3. The highest BCUT2D eigenvalue weighted by Gasteiger charge is 2.16. The molecule has 0 saturated carbocycles. The van der Waals surface area contributed by atoms with Gasteiger partial charge in [-0.15, -0.1) is 0 Å². The van der Waals surface area contributed by atoms with E-state index in [-0.39, 0.29) is 12.2 Å². The summed E-state index contributed by atoms with van der Waals surface area (Å²) in [5.74, 6) is -0.128. The molecular formula is C14H18O9. The molecule has 0 saturated heterocycles. The van der Waals surface area contributed by atoms with Crippen LogP contribution in [-0.4, -0.2) is 46.2 Å². The lowest BCUT2D eigenvalue weighted by Gasteiger charge is -2.10. The number of benzene rings is 1. The molecule has 0 aromatic heterocycles. The van der Waals surface area contributed by atoms with E-state index in [1.807, 2.05) is 0 Å². The van der Waals surface area contributed by atoms with Crippen molar-refractivity contribution in [3.8, 4) is 11.5 Å². The second-order valence-electron chi connectivity index (χ2n) is 4.23. The average molecular weight is 330 g/mol. The zero-order valence-corrected chi connectivity index (χ0v) is 13.2. The summed E-state index contributed by atoms with van der Waals surface area (Å²) in [6, 6.07) is 4.31. The molecule has 0 aliphatic carbocycles. The monoisotopic (exact) mass is 330 g/mol. The minimum absolute atomic E-state index is 0.104. The Morgan fingerprint density at radius 1 is 1.04 bits per heavy atom. The van der Waals surface area contributed by atoms with Crippen molar-refractivity contribution in [2.45, 2.75) is 13.0 Å². The van der Waals surface area contributed by atoms with Crippen molar-refractivity contribution in [1.29, 1.82) is 0 Å². The maximum atomic E-state index is 11.7. The zero-order chi connectivity index (χ0) is 17.2. The molecule has 9 nitrogen and oxygen atoms in total. The van der Waals surface area contributed by atoms with Crippen LogP contribution in [0, 0.1) is 0 Å². The van der Waals surface area contributed by atoms with Gasteiger partial charge in [-0.1, -0.05) is 0 Å². The third-order valence-electron chi connectivity index (χ3n) is 2.53. The summed E-state index contributed by atoms with van der Waals surface area (Å²) in [6.45, 7) is 1.76. The molecule has 23 heavy (non-hydrogen) atoms. The van der Waals surface area contributed by atoms with Crippen LogP contribution in [0.5, 0.6) is 11.5 Å². The highest BCUT2D eigenvalue weighted by molar-refractivity contribution is 5.89. The van der Waals surface area contributed by atoms with Crippen LogP contribution < -0.4 is 9.47 Å². The molecule has 0 bridgehead atoms. The van der Waals surface area contributed by atoms with Crippen molar-refractivity contribution in [3.05, 3.63) is 23.8 Å². The fraction of sp³-hybridized carbons (Fsp3) is 0.429. The minimum atomic E-state index is -1.17. The number of hydrogen-bond acceptors (Lipinski definition) is 9. The van der Waals surface area contributed by atoms with Gasteiger partial charge in [-0.2, -0.15) is 0 Å². The van der Waals surface area contributed by atoms with Gasteiger partial charge in [0.1, 0.15) is 6.10 Å². The maximum Gasteiger partial charge on any atom is 0.543 e. The van der Waals surface area contributed by atoms with E-state index in [4.69, 9.17) is 18.9 Å². The van der Waals surface area contributed by atoms with Crippen molar-refractivity contribution in [2.24, 2.45) is 0 Å². The fourth-order valence-corrected chi connectivity index (χ4v) is 1.54. The Balaban J connectivity index is 2.46. The van der Waals surface area contributed by atoms with Crippen LogP contribution in [0.1, 0.15) is 17.3 Å². The summed E-state index contributed by atoms with van der Waals surface area (Å²) in [4.78, 5) is 31.4. The molecule has 128 valence electrons. The Morgan fingerprint density at radius 3 is 2.35 bits per heavy atom. The molecule has 1 rings (SSSR count). The quantitative estimate of drug-likeness (QED) is 0.402. The van der Waals surface area contributed by atoms with Crippen LogP contribution in [0.15, 0.2) is 18.2 Å². The Labute approximate surface area is 132 Å². The molecule has 1 aromatic carbocycles. The highest BCUT2D eigenvalue weighted by Crippen LogP contribution is 2.27. The lowest BCUT2D eigenvalue weighted by atomic mass is 10.2. The lowest BCUT2D eigenvalue weighted by Crippen LogP contribution is -2.21. The van der Waals surface area contributed by atoms with Crippen molar-refractivity contribution in [2.75, 3.05) is 27.9 Å². The summed E-state index contributed by atoms with van der Waals surface area (Å²) < 4.78 is 19.6. The Kier molecular flexibility index (Phi) is 7.64. The van der Waals surface area contributed by atoms with Crippen molar-refractivity contribution in [1.82, 2.24) is 0 Å². The van der Waals surface area contributed by atoms with E-state index in [2.05, 4.69) is 14.8 Å². The van der Waals surface area contributed by atoms with E-state index in [1.165, 1.54) is 39.5 Å². The van der Waals surface area contributed by atoms with Gasteiger partial charge >= 0.3 is 12.1 Å². The molecule has 1 atom stereocenters. The van der Waals surface area contributed by atoms with Crippen molar-refractivity contribution < 1.29 is 43.3 Å². The summed E-state index contributed by atoms with van der Waals surface area (Å²) in [7, 11) is 4.33. The van der Waals surface area contributed by atoms with Gasteiger partial charge in [0, 0.05) is 7.11 Å². The molecule has 9 heteroatoms. The molecular weight excluding hydrogens is 312 g/mol. The molecule has 1 aromatic rings. The van der Waals surface area contributed by atoms with Crippen LogP contribution in [-0.2, 0) is 24.3 Å². The third kappa shape index (κ3) is 6.01. The van der Waals surface area contributed by atoms with Crippen molar-refractivity contribution >= 4 is 12.1 Å². The zero-order valence-electron chi connectivity index (χ0n) is 13.2. The summed E-state index contributed by atoms with van der Waals surface area (Å²) in [5, 5.41) is 4.08. The van der Waals surface area contributed by atoms with Gasteiger partial charge in [-0.3, -0.25) is 4.89 Å². The Morgan fingerprint density at radius 2 is 1.74 bits per heavy atom. The van der Waals surface area contributed by atoms with Crippen LogP contribution in [0.4, 0.5) is 4.79 Å². The van der Waals surface area contributed by atoms with E-state index in [0.29, 0.717) is 11.5 Å². The highest BCUT2D eigenvalue weighted by atomic mass is 17.5. The van der Waals surface area contributed by atoms with E-state index in [1.54, 1.807) is 6.92 Å². The van der Waals surface area contributed by atoms with Crippen LogP contribution in [0.2, 0.25) is 0 Å². The van der Waals surface area contributed by atoms with Gasteiger partial charge in [0.15, 0.2) is 11.5 Å². The lowest BCUT2D eigenvalue weighted by molar-refractivity contribution is -0.453. The van der Waals surface area contributed by atoms with E-state index in [0.717, 1.165) is 0 Å². The normalized spacial score (nSPS) is 11.3. The molecule has 0 aliphatic heterocycles. The number of hydrogen-bond donors (Lipinski definition) is 0. The maximum absolute atomic E-state index is 11.7. The Hall–Kier alpha value is -2.52. The number of methoxy groups -OCH3 is 3. The van der Waals surface area contributed by atoms with Gasteiger partial charge < -0.3 is 18.9 Å². The number of ether oxygens (including phenoxy) is 4. The summed E-state index contributed by atoms with van der Waals surface area (Å²) in [5.41, 5.74) is 0.104. The predicted octanol–water partition coefficient (Wildman–Crippen LogP) is 1.90. The van der Waals surface area contributed by atoms with E-state index in [9.17, 15) is 9.59 Å². The SMILES string of the molecule is COCC(C)OC(=O)OOOC(=O)c1ccc(OC)c(OC)c1. The largest absolute Gasteiger partial charge is 0.543 e. The predicted molar refractivity (Wildman–Crippen MR) is 75.0 cm³/mol. The van der Waals surface area contributed by atoms with Gasteiger partial charge in [0.25, 0.3) is 0 Å². The third-order valence-corrected chi connectivity index (χ3v) is 2.53. The van der Waals surface area contributed by atoms with Crippen LogP contribution in [0.25, 0.3) is 0 Å². The number of carbonyl (C=O) groups excluding carboxylic acids is 2. The first kappa shape index (κ1) is 18.5. The fourth-order valence-electron chi connectivity index (χ4n) is 1.54. The molecule has 0 aliphatic rings. The number of rotatable bonds is 8. The van der Waals surface area contributed by atoms with Crippen LogP contribution >= 0.6 is 0 Å². The Bertz CT molecular complexity index is 529.